The second-order valence-electron chi connectivity index (χ2n) is 3.48. The van der Waals surface area contributed by atoms with Gasteiger partial charge in [-0.1, -0.05) is 0 Å². The first-order valence-corrected chi connectivity index (χ1v) is 6.19. The standard InChI is InChI=1S/C7H12F3NO4S/c1-6(5(12)13,7(8,9)10)11-3-4-16(2,14)15/h11H,3-4H2,1-2H3,(H,12,13). The fraction of sp³-hybridized carbons (Fsp3) is 0.857. The number of aliphatic carboxylic acids is 1. The van der Waals surface area contributed by atoms with Gasteiger partial charge in [0.25, 0.3) is 0 Å². The minimum atomic E-state index is -5.00. The van der Waals surface area contributed by atoms with Crippen LogP contribution in [0.2, 0.25) is 0 Å². The van der Waals surface area contributed by atoms with Crippen molar-refractivity contribution in [2.24, 2.45) is 0 Å². The van der Waals surface area contributed by atoms with Gasteiger partial charge in [-0.15, -0.1) is 0 Å². The van der Waals surface area contributed by atoms with Crippen LogP contribution in [0.25, 0.3) is 0 Å². The molecule has 0 aromatic carbocycles. The average molecular weight is 263 g/mol. The lowest BCUT2D eigenvalue weighted by Gasteiger charge is -2.28. The third-order valence-electron chi connectivity index (χ3n) is 1.95. The Morgan fingerprint density at radius 3 is 2.06 bits per heavy atom. The average Bonchev–Trinajstić information content (AvgIpc) is 1.98. The van der Waals surface area contributed by atoms with Gasteiger partial charge in [0.1, 0.15) is 9.84 Å². The summed E-state index contributed by atoms with van der Waals surface area (Å²) >= 11 is 0. The minimum Gasteiger partial charge on any atom is -0.480 e. The van der Waals surface area contributed by atoms with E-state index in [1.54, 1.807) is 5.32 Å². The molecule has 0 radical (unpaired) electrons. The molecule has 0 fully saturated rings. The van der Waals surface area contributed by atoms with Crippen LogP contribution in [0, 0.1) is 0 Å². The first kappa shape index (κ1) is 15.2. The summed E-state index contributed by atoms with van der Waals surface area (Å²) in [6, 6.07) is 0. The molecule has 0 aromatic rings. The monoisotopic (exact) mass is 263 g/mol. The molecule has 0 aliphatic heterocycles. The van der Waals surface area contributed by atoms with Crippen LogP contribution in [-0.4, -0.2) is 49.8 Å². The number of carboxylic acid groups (broad SMARTS) is 1. The smallest absolute Gasteiger partial charge is 0.417 e. The summed E-state index contributed by atoms with van der Waals surface area (Å²) in [6.45, 7) is -0.140. The molecule has 5 nitrogen and oxygen atoms in total. The zero-order valence-corrected chi connectivity index (χ0v) is 9.44. The van der Waals surface area contributed by atoms with Gasteiger partial charge < -0.3 is 5.11 Å². The van der Waals surface area contributed by atoms with E-state index >= 15 is 0 Å². The van der Waals surface area contributed by atoms with E-state index in [0.29, 0.717) is 6.92 Å². The van der Waals surface area contributed by atoms with E-state index in [-0.39, 0.29) is 0 Å². The zero-order valence-electron chi connectivity index (χ0n) is 8.63. The van der Waals surface area contributed by atoms with E-state index in [1.165, 1.54) is 0 Å². The van der Waals surface area contributed by atoms with E-state index < -0.39 is 39.8 Å². The third-order valence-corrected chi connectivity index (χ3v) is 2.89. The molecule has 0 spiro atoms. The lowest BCUT2D eigenvalue weighted by atomic mass is 10.0. The number of carboxylic acids is 1. The number of nitrogens with one attached hydrogen (secondary N) is 1. The normalized spacial score (nSPS) is 16.8. The summed E-state index contributed by atoms with van der Waals surface area (Å²) in [5, 5.41) is 10.2. The van der Waals surface area contributed by atoms with Crippen molar-refractivity contribution in [3.63, 3.8) is 0 Å². The molecule has 1 unspecified atom stereocenters. The maximum Gasteiger partial charge on any atom is 0.417 e. The van der Waals surface area contributed by atoms with Crippen molar-refractivity contribution in [2.75, 3.05) is 18.6 Å². The molecule has 0 aliphatic carbocycles. The molecule has 96 valence electrons. The molecular weight excluding hydrogens is 251 g/mol. The zero-order chi connectivity index (χ0) is 13.2. The minimum absolute atomic E-state index is 0.442. The van der Waals surface area contributed by atoms with Crippen LogP contribution in [0.1, 0.15) is 6.92 Å². The molecule has 0 aromatic heterocycles. The number of rotatable bonds is 5. The summed E-state index contributed by atoms with van der Waals surface area (Å²) in [7, 11) is -3.44. The Hall–Kier alpha value is -0.830. The summed E-state index contributed by atoms with van der Waals surface area (Å²) in [5.74, 6) is -2.67. The fourth-order valence-corrected chi connectivity index (χ4v) is 1.26. The van der Waals surface area contributed by atoms with Crippen LogP contribution >= 0.6 is 0 Å². The summed E-state index contributed by atoms with van der Waals surface area (Å²) < 4.78 is 58.5. The van der Waals surface area contributed by atoms with Gasteiger partial charge in [0.2, 0.25) is 5.54 Å². The molecule has 0 bridgehead atoms. The van der Waals surface area contributed by atoms with Crippen molar-refractivity contribution in [2.45, 2.75) is 18.6 Å². The van der Waals surface area contributed by atoms with Gasteiger partial charge >= 0.3 is 12.1 Å². The van der Waals surface area contributed by atoms with Crippen molar-refractivity contribution < 1.29 is 31.5 Å². The number of hydrogen-bond donors (Lipinski definition) is 2. The molecule has 0 heterocycles. The first-order chi connectivity index (χ1) is 6.90. The predicted molar refractivity (Wildman–Crippen MR) is 49.8 cm³/mol. The molecule has 9 heteroatoms. The lowest BCUT2D eigenvalue weighted by Crippen LogP contribution is -2.60. The number of carbonyl (C=O) groups is 1. The van der Waals surface area contributed by atoms with Crippen molar-refractivity contribution in [3.05, 3.63) is 0 Å². The van der Waals surface area contributed by atoms with Gasteiger partial charge in [-0.25, -0.2) is 13.2 Å². The molecule has 0 saturated carbocycles. The Balaban J connectivity index is 4.68. The lowest BCUT2D eigenvalue weighted by molar-refractivity contribution is -0.205. The summed E-state index contributed by atoms with van der Waals surface area (Å²) in [6.07, 6.45) is -4.16. The second kappa shape index (κ2) is 4.58. The van der Waals surface area contributed by atoms with E-state index in [1.807, 2.05) is 0 Å². The molecule has 0 rings (SSSR count). The van der Waals surface area contributed by atoms with Gasteiger partial charge in [0, 0.05) is 12.8 Å². The number of sulfone groups is 1. The van der Waals surface area contributed by atoms with Crippen molar-refractivity contribution in [1.82, 2.24) is 5.32 Å². The fourth-order valence-electron chi connectivity index (χ4n) is 0.784. The number of hydrogen-bond acceptors (Lipinski definition) is 4. The Morgan fingerprint density at radius 2 is 1.81 bits per heavy atom. The molecule has 0 saturated heterocycles. The van der Waals surface area contributed by atoms with Crippen molar-refractivity contribution in [1.29, 1.82) is 0 Å². The predicted octanol–water partition coefficient (Wildman–Crippen LogP) is 0.0262. The number of halogens is 3. The maximum absolute atomic E-state index is 12.4. The quantitative estimate of drug-likeness (QED) is 0.731. The highest BCUT2D eigenvalue weighted by Gasteiger charge is 2.57. The summed E-state index contributed by atoms with van der Waals surface area (Å²) in [4.78, 5) is 10.5. The van der Waals surface area contributed by atoms with Crippen LogP contribution in [0.4, 0.5) is 13.2 Å². The van der Waals surface area contributed by atoms with Crippen LogP contribution in [0.15, 0.2) is 0 Å². The van der Waals surface area contributed by atoms with Gasteiger partial charge in [-0.05, 0) is 6.92 Å². The van der Waals surface area contributed by atoms with E-state index in [9.17, 15) is 26.4 Å². The molecule has 1 atom stereocenters. The molecule has 2 N–H and O–H groups in total. The van der Waals surface area contributed by atoms with Crippen molar-refractivity contribution in [3.8, 4) is 0 Å². The number of alkyl halides is 3. The second-order valence-corrected chi connectivity index (χ2v) is 5.74. The topological polar surface area (TPSA) is 83.5 Å². The van der Waals surface area contributed by atoms with E-state index in [4.69, 9.17) is 5.11 Å². The Bertz CT molecular complexity index is 364. The third kappa shape index (κ3) is 3.97. The SMILES string of the molecule is CC(NCCS(C)(=O)=O)(C(=O)O)C(F)(F)F. The van der Waals surface area contributed by atoms with Gasteiger partial charge in [-0.3, -0.25) is 5.32 Å². The van der Waals surface area contributed by atoms with Gasteiger partial charge in [-0.2, -0.15) is 13.2 Å². The highest BCUT2D eigenvalue weighted by molar-refractivity contribution is 7.90. The summed E-state index contributed by atoms with van der Waals surface area (Å²) in [5.41, 5.74) is -3.14. The molecule has 16 heavy (non-hydrogen) atoms. The Labute approximate surface area is 90.6 Å². The van der Waals surface area contributed by atoms with Gasteiger partial charge in [0.05, 0.1) is 5.75 Å². The van der Waals surface area contributed by atoms with E-state index in [2.05, 4.69) is 0 Å². The van der Waals surface area contributed by atoms with Crippen LogP contribution in [-0.2, 0) is 14.6 Å². The highest BCUT2D eigenvalue weighted by Crippen LogP contribution is 2.30. The van der Waals surface area contributed by atoms with Crippen LogP contribution in [0.5, 0.6) is 0 Å². The van der Waals surface area contributed by atoms with Crippen LogP contribution < -0.4 is 5.32 Å². The van der Waals surface area contributed by atoms with Crippen molar-refractivity contribution >= 4 is 15.8 Å². The highest BCUT2D eigenvalue weighted by atomic mass is 32.2. The molecule has 0 aliphatic rings. The molecule has 0 amide bonds. The van der Waals surface area contributed by atoms with E-state index in [0.717, 1.165) is 6.26 Å². The maximum atomic E-state index is 12.4. The Morgan fingerprint density at radius 1 is 1.38 bits per heavy atom. The largest absolute Gasteiger partial charge is 0.480 e. The van der Waals surface area contributed by atoms with Crippen LogP contribution in [0.3, 0.4) is 0 Å². The first-order valence-electron chi connectivity index (χ1n) is 4.13. The Kier molecular flexibility index (Phi) is 4.34. The van der Waals surface area contributed by atoms with Gasteiger partial charge in [0.15, 0.2) is 0 Å². The molecular formula is C7H12F3NO4S.